The molecule has 0 N–H and O–H groups in total. The second kappa shape index (κ2) is 16.0. The zero-order chi connectivity index (χ0) is 18.0. The Balaban J connectivity index is 1.79. The molecule has 0 atom stereocenters. The molecule has 0 aliphatic carbocycles. The number of carbonyl (C=O) groups excluding carboxylic acids is 1. The summed E-state index contributed by atoms with van der Waals surface area (Å²) in [7, 11) is 0. The van der Waals surface area contributed by atoms with Crippen LogP contribution >= 0.6 is 0 Å². The molecular weight excluding hydrogens is 312 g/mol. The van der Waals surface area contributed by atoms with Crippen LogP contribution in [0.1, 0.15) is 83.1 Å². The lowest BCUT2D eigenvalue weighted by Crippen LogP contribution is -2.09. The average molecular weight is 349 g/mol. The van der Waals surface area contributed by atoms with Crippen LogP contribution in [0.5, 0.6) is 0 Å². The Hall–Kier alpha value is -1.51. The summed E-state index contributed by atoms with van der Waals surface area (Å²) in [6.07, 6.45) is 13.6. The predicted octanol–water partition coefficient (Wildman–Crippen LogP) is 6.69. The highest BCUT2D eigenvalue weighted by molar-refractivity contribution is 5.59. The van der Waals surface area contributed by atoms with Gasteiger partial charge in [0.25, 0.3) is 0 Å². The van der Waals surface area contributed by atoms with E-state index in [1.54, 1.807) is 0 Å². The standard InChI is InChI=1S/C22H36O3/c1-2-3-4-14-19-24-22(23)25-20-15-9-7-5-6-8-11-16-21-17-12-10-13-18-21/h10,12-13,17-18H,2-9,11,14-16,19-20H2,1H3. The smallest absolute Gasteiger partial charge is 0.434 e. The van der Waals surface area contributed by atoms with Crippen LogP contribution in [0.15, 0.2) is 30.3 Å². The maximum Gasteiger partial charge on any atom is 0.508 e. The molecule has 0 amide bonds. The Morgan fingerprint density at radius 1 is 0.720 bits per heavy atom. The fourth-order valence-electron chi connectivity index (χ4n) is 2.84. The van der Waals surface area contributed by atoms with E-state index in [0.717, 1.165) is 25.7 Å². The molecule has 1 aromatic rings. The molecule has 3 nitrogen and oxygen atoms in total. The van der Waals surface area contributed by atoms with E-state index < -0.39 is 6.16 Å². The minimum atomic E-state index is -0.502. The van der Waals surface area contributed by atoms with Gasteiger partial charge in [0.1, 0.15) is 0 Å². The van der Waals surface area contributed by atoms with Crippen molar-refractivity contribution in [3.8, 4) is 0 Å². The fraction of sp³-hybridized carbons (Fsp3) is 0.682. The Morgan fingerprint density at radius 3 is 1.84 bits per heavy atom. The van der Waals surface area contributed by atoms with Gasteiger partial charge in [0.05, 0.1) is 13.2 Å². The SMILES string of the molecule is CCCCCCOC(=O)OCCCCCCCCCc1ccccc1. The van der Waals surface area contributed by atoms with E-state index in [-0.39, 0.29) is 0 Å². The molecule has 0 unspecified atom stereocenters. The van der Waals surface area contributed by atoms with Crippen LogP contribution in [0.4, 0.5) is 4.79 Å². The maximum atomic E-state index is 11.4. The summed E-state index contributed by atoms with van der Waals surface area (Å²) in [5, 5.41) is 0. The molecule has 0 saturated carbocycles. The van der Waals surface area contributed by atoms with Crippen LogP contribution < -0.4 is 0 Å². The van der Waals surface area contributed by atoms with E-state index in [4.69, 9.17) is 9.47 Å². The van der Waals surface area contributed by atoms with Crippen molar-refractivity contribution in [1.29, 1.82) is 0 Å². The largest absolute Gasteiger partial charge is 0.508 e. The molecule has 1 rings (SSSR count). The lowest BCUT2D eigenvalue weighted by Gasteiger charge is -2.06. The molecule has 0 saturated heterocycles. The third-order valence-corrected chi connectivity index (χ3v) is 4.39. The van der Waals surface area contributed by atoms with Crippen molar-refractivity contribution >= 4 is 6.16 Å². The van der Waals surface area contributed by atoms with E-state index >= 15 is 0 Å². The van der Waals surface area contributed by atoms with Crippen molar-refractivity contribution in [1.82, 2.24) is 0 Å². The molecular formula is C22H36O3. The number of ether oxygens (including phenoxy) is 2. The molecule has 0 fully saturated rings. The molecule has 0 heterocycles. The van der Waals surface area contributed by atoms with E-state index in [1.807, 2.05) is 0 Å². The van der Waals surface area contributed by atoms with E-state index in [2.05, 4.69) is 37.3 Å². The predicted molar refractivity (Wildman–Crippen MR) is 104 cm³/mol. The molecule has 0 spiro atoms. The third kappa shape index (κ3) is 13.5. The van der Waals surface area contributed by atoms with Gasteiger partial charge < -0.3 is 9.47 Å². The zero-order valence-corrected chi connectivity index (χ0v) is 16.0. The quantitative estimate of drug-likeness (QED) is 0.261. The Labute approximate surface area is 154 Å². The Morgan fingerprint density at radius 2 is 1.24 bits per heavy atom. The first kappa shape index (κ1) is 21.5. The highest BCUT2D eigenvalue weighted by Gasteiger charge is 2.02. The zero-order valence-electron chi connectivity index (χ0n) is 16.0. The molecule has 0 radical (unpaired) electrons. The van der Waals surface area contributed by atoms with Crippen molar-refractivity contribution < 1.29 is 14.3 Å². The molecule has 3 heteroatoms. The van der Waals surface area contributed by atoms with Gasteiger partial charge in [-0.3, -0.25) is 0 Å². The van der Waals surface area contributed by atoms with Crippen LogP contribution in [0.25, 0.3) is 0 Å². The first-order valence-corrected chi connectivity index (χ1v) is 10.2. The number of benzene rings is 1. The van der Waals surface area contributed by atoms with Crippen LogP contribution in [0.2, 0.25) is 0 Å². The number of hydrogen-bond acceptors (Lipinski definition) is 3. The molecule has 0 aliphatic rings. The molecule has 25 heavy (non-hydrogen) atoms. The van der Waals surface area contributed by atoms with E-state index in [1.165, 1.54) is 56.9 Å². The van der Waals surface area contributed by atoms with Gasteiger partial charge in [-0.2, -0.15) is 0 Å². The molecule has 1 aromatic carbocycles. The summed E-state index contributed by atoms with van der Waals surface area (Å²) in [5.74, 6) is 0. The van der Waals surface area contributed by atoms with Crippen molar-refractivity contribution in [2.45, 2.75) is 84.0 Å². The van der Waals surface area contributed by atoms with E-state index in [9.17, 15) is 4.79 Å². The number of aryl methyl sites for hydroxylation is 1. The number of carbonyl (C=O) groups is 1. The summed E-state index contributed by atoms with van der Waals surface area (Å²) in [5.41, 5.74) is 1.44. The lowest BCUT2D eigenvalue weighted by atomic mass is 10.0. The van der Waals surface area contributed by atoms with Gasteiger partial charge in [0, 0.05) is 0 Å². The summed E-state index contributed by atoms with van der Waals surface area (Å²) in [6, 6.07) is 10.7. The monoisotopic (exact) mass is 348 g/mol. The summed E-state index contributed by atoms with van der Waals surface area (Å²) in [6.45, 7) is 3.14. The molecule has 142 valence electrons. The first-order chi connectivity index (χ1) is 12.3. The molecule has 0 aromatic heterocycles. The lowest BCUT2D eigenvalue weighted by molar-refractivity contribution is 0.0529. The summed E-state index contributed by atoms with van der Waals surface area (Å²) < 4.78 is 10.1. The second-order valence-corrected chi connectivity index (χ2v) is 6.72. The summed E-state index contributed by atoms with van der Waals surface area (Å²) >= 11 is 0. The van der Waals surface area contributed by atoms with Gasteiger partial charge in [0.2, 0.25) is 0 Å². The Bertz CT molecular complexity index is 417. The fourth-order valence-corrected chi connectivity index (χ4v) is 2.84. The van der Waals surface area contributed by atoms with Crippen molar-refractivity contribution in [2.24, 2.45) is 0 Å². The Kier molecular flexibility index (Phi) is 13.8. The van der Waals surface area contributed by atoms with Gasteiger partial charge in [0.15, 0.2) is 0 Å². The molecule has 0 bridgehead atoms. The first-order valence-electron chi connectivity index (χ1n) is 10.2. The minimum absolute atomic E-state index is 0.488. The van der Waals surface area contributed by atoms with Crippen LogP contribution in [0.3, 0.4) is 0 Å². The highest BCUT2D eigenvalue weighted by atomic mass is 16.7. The number of hydrogen-bond donors (Lipinski definition) is 0. The second-order valence-electron chi connectivity index (χ2n) is 6.72. The highest BCUT2D eigenvalue weighted by Crippen LogP contribution is 2.10. The van der Waals surface area contributed by atoms with Gasteiger partial charge >= 0.3 is 6.16 Å². The maximum absolute atomic E-state index is 11.4. The van der Waals surface area contributed by atoms with Crippen LogP contribution in [-0.4, -0.2) is 19.4 Å². The normalized spacial score (nSPS) is 10.6. The average Bonchev–Trinajstić information content (AvgIpc) is 2.64. The number of rotatable bonds is 15. The van der Waals surface area contributed by atoms with Gasteiger partial charge in [-0.1, -0.05) is 88.6 Å². The van der Waals surface area contributed by atoms with Crippen LogP contribution in [-0.2, 0) is 15.9 Å². The minimum Gasteiger partial charge on any atom is -0.434 e. The third-order valence-electron chi connectivity index (χ3n) is 4.39. The number of unbranched alkanes of at least 4 members (excludes halogenated alkanes) is 9. The van der Waals surface area contributed by atoms with Crippen molar-refractivity contribution in [3.63, 3.8) is 0 Å². The van der Waals surface area contributed by atoms with E-state index in [0.29, 0.717) is 13.2 Å². The van der Waals surface area contributed by atoms with Gasteiger partial charge in [-0.05, 0) is 31.2 Å². The van der Waals surface area contributed by atoms with Gasteiger partial charge in [-0.15, -0.1) is 0 Å². The van der Waals surface area contributed by atoms with Gasteiger partial charge in [-0.25, -0.2) is 4.79 Å². The van der Waals surface area contributed by atoms with Crippen molar-refractivity contribution in [3.05, 3.63) is 35.9 Å². The van der Waals surface area contributed by atoms with Crippen LogP contribution in [0, 0.1) is 0 Å². The summed E-state index contributed by atoms with van der Waals surface area (Å²) in [4.78, 5) is 11.4. The topological polar surface area (TPSA) is 35.5 Å². The molecule has 0 aliphatic heterocycles. The van der Waals surface area contributed by atoms with Crippen molar-refractivity contribution in [2.75, 3.05) is 13.2 Å².